The molecule has 2 N–H and O–H groups in total. The summed E-state index contributed by atoms with van der Waals surface area (Å²) in [7, 11) is 0. The minimum Gasteiger partial charge on any atom is -0.326 e. The van der Waals surface area contributed by atoms with Crippen molar-refractivity contribution in [2.45, 2.75) is 25.4 Å². The smallest absolute Gasteiger partial charge is 0.109 e. The molecule has 2 rings (SSSR count). The summed E-state index contributed by atoms with van der Waals surface area (Å²) in [6.07, 6.45) is 2.99. The van der Waals surface area contributed by atoms with E-state index in [9.17, 15) is 0 Å². The average molecular weight is 197 g/mol. The second-order valence-electron chi connectivity index (χ2n) is 3.59. The zero-order chi connectivity index (χ0) is 9.26. The van der Waals surface area contributed by atoms with Crippen molar-refractivity contribution in [2.75, 3.05) is 13.1 Å². The van der Waals surface area contributed by atoms with E-state index >= 15 is 0 Å². The zero-order valence-corrected chi connectivity index (χ0v) is 8.63. The number of hydrogen-bond donors (Lipinski definition) is 1. The van der Waals surface area contributed by atoms with Gasteiger partial charge in [0.1, 0.15) is 5.01 Å². The van der Waals surface area contributed by atoms with Gasteiger partial charge in [0, 0.05) is 30.7 Å². The number of aromatic nitrogens is 1. The highest BCUT2D eigenvalue weighted by Crippen LogP contribution is 2.25. The molecule has 13 heavy (non-hydrogen) atoms. The summed E-state index contributed by atoms with van der Waals surface area (Å²) in [5, 5.41) is 3.23. The van der Waals surface area contributed by atoms with Crippen LogP contribution >= 0.6 is 11.3 Å². The highest BCUT2D eigenvalue weighted by molar-refractivity contribution is 7.09. The lowest BCUT2D eigenvalue weighted by Gasteiger charge is -2.21. The summed E-state index contributed by atoms with van der Waals surface area (Å²) < 4.78 is 0. The highest BCUT2D eigenvalue weighted by Gasteiger charge is 2.25. The molecular formula is C9H15N3S. The molecule has 0 bridgehead atoms. The first-order valence-corrected chi connectivity index (χ1v) is 5.54. The molecule has 3 nitrogen and oxygen atoms in total. The normalized spacial score (nSPS) is 26.5. The number of rotatable bonds is 2. The van der Waals surface area contributed by atoms with E-state index in [-0.39, 0.29) is 0 Å². The third-order valence-electron chi connectivity index (χ3n) is 2.61. The lowest BCUT2D eigenvalue weighted by atomic mass is 10.3. The van der Waals surface area contributed by atoms with Crippen LogP contribution in [0.3, 0.4) is 0 Å². The molecule has 2 atom stereocenters. The van der Waals surface area contributed by atoms with Gasteiger partial charge < -0.3 is 5.73 Å². The van der Waals surface area contributed by atoms with E-state index in [0.29, 0.717) is 12.1 Å². The Morgan fingerprint density at radius 2 is 2.62 bits per heavy atom. The van der Waals surface area contributed by atoms with E-state index in [0.717, 1.165) is 19.5 Å². The van der Waals surface area contributed by atoms with Gasteiger partial charge in [-0.2, -0.15) is 0 Å². The van der Waals surface area contributed by atoms with Gasteiger partial charge in [0.05, 0.1) is 6.04 Å². The van der Waals surface area contributed by atoms with Gasteiger partial charge >= 0.3 is 0 Å². The summed E-state index contributed by atoms with van der Waals surface area (Å²) >= 11 is 1.73. The van der Waals surface area contributed by atoms with Crippen LogP contribution in [0.2, 0.25) is 0 Å². The molecule has 0 aliphatic carbocycles. The molecule has 0 aromatic carbocycles. The summed E-state index contributed by atoms with van der Waals surface area (Å²) in [5.74, 6) is 0. The predicted octanol–water partition coefficient (Wildman–Crippen LogP) is 1.24. The number of nitrogens with zero attached hydrogens (tertiary/aromatic N) is 2. The first-order valence-electron chi connectivity index (χ1n) is 4.66. The maximum atomic E-state index is 5.86. The van der Waals surface area contributed by atoms with Crippen molar-refractivity contribution >= 4 is 11.3 Å². The largest absolute Gasteiger partial charge is 0.326 e. The Kier molecular flexibility index (Phi) is 2.62. The molecule has 0 amide bonds. The van der Waals surface area contributed by atoms with E-state index < -0.39 is 0 Å². The summed E-state index contributed by atoms with van der Waals surface area (Å²) in [6.45, 7) is 4.33. The van der Waals surface area contributed by atoms with Crippen LogP contribution in [0.5, 0.6) is 0 Å². The quantitative estimate of drug-likeness (QED) is 0.775. The first-order chi connectivity index (χ1) is 6.27. The minimum atomic E-state index is 0.363. The first kappa shape index (κ1) is 9.12. The molecule has 0 unspecified atom stereocenters. The predicted molar refractivity (Wildman–Crippen MR) is 54.7 cm³/mol. The van der Waals surface area contributed by atoms with Gasteiger partial charge in [0.2, 0.25) is 0 Å². The third kappa shape index (κ3) is 1.90. The zero-order valence-electron chi connectivity index (χ0n) is 7.81. The molecule has 1 aliphatic heterocycles. The Labute approximate surface area is 82.6 Å². The van der Waals surface area contributed by atoms with Crippen LogP contribution in [-0.2, 0) is 0 Å². The van der Waals surface area contributed by atoms with Crippen molar-refractivity contribution in [3.63, 3.8) is 0 Å². The second-order valence-corrected chi connectivity index (χ2v) is 4.52. The number of hydrogen-bond acceptors (Lipinski definition) is 4. The van der Waals surface area contributed by atoms with Crippen molar-refractivity contribution in [3.8, 4) is 0 Å². The van der Waals surface area contributed by atoms with Gasteiger partial charge in [-0.25, -0.2) is 4.98 Å². The Hall–Kier alpha value is -0.450. The molecule has 1 aromatic heterocycles. The molecule has 2 heterocycles. The van der Waals surface area contributed by atoms with Gasteiger partial charge in [0.15, 0.2) is 0 Å². The van der Waals surface area contributed by atoms with E-state index in [1.807, 2.05) is 11.6 Å². The summed E-state index contributed by atoms with van der Waals surface area (Å²) in [5.41, 5.74) is 5.86. The standard InChI is InChI=1S/C9H15N3S/c1-7(9-11-3-5-13-9)12-4-2-8(10)6-12/h3,5,7-8H,2,4,6,10H2,1H3/t7-,8-/m0/s1. The number of likely N-dealkylation sites (tertiary alicyclic amines) is 1. The van der Waals surface area contributed by atoms with Gasteiger partial charge in [-0.05, 0) is 13.3 Å². The van der Waals surface area contributed by atoms with E-state index in [4.69, 9.17) is 5.73 Å². The van der Waals surface area contributed by atoms with Gasteiger partial charge in [-0.15, -0.1) is 11.3 Å². The maximum Gasteiger partial charge on any atom is 0.109 e. The van der Waals surface area contributed by atoms with Crippen LogP contribution in [0.25, 0.3) is 0 Å². The van der Waals surface area contributed by atoms with Crippen molar-refractivity contribution in [1.29, 1.82) is 0 Å². The molecule has 1 fully saturated rings. The van der Waals surface area contributed by atoms with E-state index in [1.54, 1.807) is 11.3 Å². The molecule has 1 saturated heterocycles. The SMILES string of the molecule is C[C@@H](c1nccs1)N1CC[C@H](N)C1. The lowest BCUT2D eigenvalue weighted by molar-refractivity contribution is 0.259. The van der Waals surface area contributed by atoms with Crippen LogP contribution in [-0.4, -0.2) is 29.0 Å². The summed E-state index contributed by atoms with van der Waals surface area (Å²) in [6, 6.07) is 0.802. The maximum absolute atomic E-state index is 5.86. The van der Waals surface area contributed by atoms with Crippen molar-refractivity contribution in [2.24, 2.45) is 5.73 Å². The molecule has 1 aromatic rings. The average Bonchev–Trinajstić information content (AvgIpc) is 2.72. The second kappa shape index (κ2) is 3.74. The van der Waals surface area contributed by atoms with Crippen LogP contribution in [0, 0.1) is 0 Å². The number of thiazole rings is 1. The highest BCUT2D eigenvalue weighted by atomic mass is 32.1. The van der Waals surface area contributed by atoms with Gasteiger partial charge in [0.25, 0.3) is 0 Å². The molecule has 72 valence electrons. The third-order valence-corrected chi connectivity index (χ3v) is 3.56. The monoisotopic (exact) mass is 197 g/mol. The fraction of sp³-hybridized carbons (Fsp3) is 0.667. The molecule has 4 heteroatoms. The fourth-order valence-corrected chi connectivity index (χ4v) is 2.49. The van der Waals surface area contributed by atoms with Crippen LogP contribution in [0.1, 0.15) is 24.4 Å². The topological polar surface area (TPSA) is 42.2 Å². The van der Waals surface area contributed by atoms with Gasteiger partial charge in [-0.1, -0.05) is 0 Å². The van der Waals surface area contributed by atoms with Crippen molar-refractivity contribution < 1.29 is 0 Å². The number of nitrogens with two attached hydrogens (primary N) is 1. The Bertz CT molecular complexity index is 260. The minimum absolute atomic E-state index is 0.363. The Morgan fingerprint density at radius 3 is 3.15 bits per heavy atom. The molecule has 0 saturated carbocycles. The Morgan fingerprint density at radius 1 is 1.77 bits per heavy atom. The van der Waals surface area contributed by atoms with E-state index in [1.165, 1.54) is 5.01 Å². The Balaban J connectivity index is 2.02. The van der Waals surface area contributed by atoms with E-state index in [2.05, 4.69) is 16.8 Å². The van der Waals surface area contributed by atoms with Crippen LogP contribution in [0.4, 0.5) is 0 Å². The molecule has 1 aliphatic rings. The fourth-order valence-electron chi connectivity index (χ4n) is 1.76. The molecule has 0 spiro atoms. The summed E-state index contributed by atoms with van der Waals surface area (Å²) in [4.78, 5) is 6.73. The van der Waals surface area contributed by atoms with Crippen molar-refractivity contribution in [1.82, 2.24) is 9.88 Å². The van der Waals surface area contributed by atoms with Crippen molar-refractivity contribution in [3.05, 3.63) is 16.6 Å². The van der Waals surface area contributed by atoms with Gasteiger partial charge in [-0.3, -0.25) is 4.90 Å². The molecular weight excluding hydrogens is 182 g/mol. The van der Waals surface area contributed by atoms with Crippen LogP contribution in [0.15, 0.2) is 11.6 Å². The molecule has 0 radical (unpaired) electrons. The van der Waals surface area contributed by atoms with Crippen LogP contribution < -0.4 is 5.73 Å². The lowest BCUT2D eigenvalue weighted by Crippen LogP contribution is -2.28.